The first-order valence-corrected chi connectivity index (χ1v) is 8.42. The number of likely N-dealkylation sites (tertiary alicyclic amines) is 1. The summed E-state index contributed by atoms with van der Waals surface area (Å²) in [6.07, 6.45) is 3.79. The Balaban J connectivity index is 1.62. The van der Waals surface area contributed by atoms with E-state index in [2.05, 4.69) is 11.8 Å². The quantitative estimate of drug-likeness (QED) is 0.848. The Hall–Kier alpha value is -0.200. The minimum atomic E-state index is -0.488. The normalized spacial score (nSPS) is 53.3. The first-order chi connectivity index (χ1) is 10.2. The van der Waals surface area contributed by atoms with Crippen molar-refractivity contribution in [2.24, 2.45) is 17.8 Å². The molecule has 0 aromatic rings. The predicted molar refractivity (Wildman–Crippen MR) is 76.5 cm³/mol. The molecule has 0 radical (unpaired) electrons. The van der Waals surface area contributed by atoms with Crippen LogP contribution in [0.3, 0.4) is 0 Å². The Kier molecular flexibility index (Phi) is 3.54. The molecule has 0 aromatic carbocycles. The monoisotopic (exact) mass is 297 g/mol. The maximum atomic E-state index is 10.8. The maximum Gasteiger partial charge on any atom is 0.166 e. The van der Waals surface area contributed by atoms with Crippen LogP contribution in [0.25, 0.3) is 0 Å². The van der Waals surface area contributed by atoms with Gasteiger partial charge in [0.05, 0.1) is 6.10 Å². The van der Waals surface area contributed by atoms with Crippen molar-refractivity contribution in [3.05, 3.63) is 0 Å². The largest absolute Gasteiger partial charge is 0.390 e. The first-order valence-electron chi connectivity index (χ1n) is 8.42. The lowest BCUT2D eigenvalue weighted by Crippen LogP contribution is -2.68. The second-order valence-corrected chi connectivity index (χ2v) is 7.32. The van der Waals surface area contributed by atoms with E-state index in [-0.39, 0.29) is 18.5 Å². The second-order valence-electron chi connectivity index (χ2n) is 7.32. The Morgan fingerprint density at radius 2 is 2.05 bits per heavy atom. The van der Waals surface area contributed by atoms with Gasteiger partial charge in [0.25, 0.3) is 0 Å². The molecule has 21 heavy (non-hydrogen) atoms. The first kappa shape index (κ1) is 14.4. The third-order valence-corrected chi connectivity index (χ3v) is 6.24. The number of piperidine rings is 1. The van der Waals surface area contributed by atoms with Crippen LogP contribution in [0, 0.1) is 17.8 Å². The Bertz CT molecular complexity index is 400. The molecule has 1 aliphatic carbocycles. The molecule has 6 unspecified atom stereocenters. The van der Waals surface area contributed by atoms with Crippen molar-refractivity contribution in [2.75, 3.05) is 26.7 Å². The van der Waals surface area contributed by atoms with Crippen molar-refractivity contribution in [1.82, 2.24) is 4.90 Å². The van der Waals surface area contributed by atoms with Crippen molar-refractivity contribution in [1.29, 1.82) is 0 Å². The van der Waals surface area contributed by atoms with Gasteiger partial charge in [-0.3, -0.25) is 0 Å². The zero-order valence-electron chi connectivity index (χ0n) is 13.0. The molecule has 4 saturated heterocycles. The lowest BCUT2D eigenvalue weighted by molar-refractivity contribution is -0.410. The van der Waals surface area contributed by atoms with Gasteiger partial charge in [0.15, 0.2) is 12.6 Å². The Morgan fingerprint density at radius 3 is 2.76 bits per heavy atom. The third kappa shape index (κ3) is 2.01. The smallest absolute Gasteiger partial charge is 0.166 e. The number of ether oxygens (including phenoxy) is 3. The van der Waals surface area contributed by atoms with Crippen LogP contribution in [0.4, 0.5) is 0 Å². The molecular formula is C16H27NO4. The van der Waals surface area contributed by atoms with Crippen molar-refractivity contribution < 1.29 is 19.3 Å². The van der Waals surface area contributed by atoms with E-state index in [9.17, 15) is 5.11 Å². The van der Waals surface area contributed by atoms with Gasteiger partial charge in [-0.25, -0.2) is 0 Å². The van der Waals surface area contributed by atoms with Crippen molar-refractivity contribution in [3.8, 4) is 0 Å². The fourth-order valence-electron chi connectivity index (χ4n) is 5.13. The summed E-state index contributed by atoms with van der Waals surface area (Å²) in [5.74, 6) is 0.940. The summed E-state index contributed by atoms with van der Waals surface area (Å²) < 4.78 is 17.8. The van der Waals surface area contributed by atoms with Gasteiger partial charge in [-0.05, 0) is 38.3 Å². The van der Waals surface area contributed by atoms with Crippen molar-refractivity contribution >= 4 is 0 Å². The molecule has 0 spiro atoms. The molecule has 0 amide bonds. The lowest BCUT2D eigenvalue weighted by Gasteiger charge is -2.56. The summed E-state index contributed by atoms with van der Waals surface area (Å²) in [6.45, 7) is 5.24. The maximum absolute atomic E-state index is 10.8. The van der Waals surface area contributed by atoms with Crippen LogP contribution in [0.2, 0.25) is 0 Å². The van der Waals surface area contributed by atoms with E-state index in [0.29, 0.717) is 11.8 Å². The summed E-state index contributed by atoms with van der Waals surface area (Å²) in [5.41, 5.74) is -0.488. The summed E-state index contributed by atoms with van der Waals surface area (Å²) in [5, 5.41) is 10.8. The fourth-order valence-corrected chi connectivity index (χ4v) is 5.13. The molecule has 1 saturated carbocycles. The SMILES string of the molecule is COC1OC2OC3(CN4CCCCC4)C1C(C[C@@H]3O)C2C. The minimum absolute atomic E-state index is 0.152. The highest BCUT2D eigenvalue weighted by atomic mass is 16.8. The van der Waals surface area contributed by atoms with E-state index in [4.69, 9.17) is 14.2 Å². The highest BCUT2D eigenvalue weighted by Crippen LogP contribution is 2.58. The summed E-state index contributed by atoms with van der Waals surface area (Å²) in [6, 6.07) is 0. The average Bonchev–Trinajstić information content (AvgIpc) is 2.75. The van der Waals surface area contributed by atoms with Gasteiger partial charge >= 0.3 is 0 Å². The van der Waals surface area contributed by atoms with E-state index in [1.165, 1.54) is 19.3 Å². The van der Waals surface area contributed by atoms with Gasteiger partial charge in [-0.15, -0.1) is 0 Å². The average molecular weight is 297 g/mol. The van der Waals surface area contributed by atoms with Gasteiger partial charge in [0.2, 0.25) is 0 Å². The molecule has 5 rings (SSSR count). The molecule has 5 heteroatoms. The molecule has 4 bridgehead atoms. The Labute approximate surface area is 126 Å². The van der Waals surface area contributed by atoms with E-state index >= 15 is 0 Å². The summed E-state index contributed by atoms with van der Waals surface area (Å²) >= 11 is 0. The van der Waals surface area contributed by atoms with Gasteiger partial charge in [-0.1, -0.05) is 13.3 Å². The fraction of sp³-hybridized carbons (Fsp3) is 1.00. The van der Waals surface area contributed by atoms with Crippen LogP contribution in [-0.2, 0) is 14.2 Å². The van der Waals surface area contributed by atoms with Crippen LogP contribution in [-0.4, -0.2) is 61.0 Å². The van der Waals surface area contributed by atoms with E-state index < -0.39 is 11.7 Å². The van der Waals surface area contributed by atoms with E-state index in [1.54, 1.807) is 7.11 Å². The highest BCUT2D eigenvalue weighted by Gasteiger charge is 2.69. The highest BCUT2D eigenvalue weighted by molar-refractivity contribution is 5.13. The lowest BCUT2D eigenvalue weighted by atomic mass is 9.73. The molecule has 4 heterocycles. The third-order valence-electron chi connectivity index (χ3n) is 6.24. The zero-order chi connectivity index (χ0) is 14.6. The predicted octanol–water partition coefficient (Wildman–Crippen LogP) is 1.20. The number of methoxy groups -OCH3 is 1. The van der Waals surface area contributed by atoms with Gasteiger partial charge in [-0.2, -0.15) is 0 Å². The van der Waals surface area contributed by atoms with Gasteiger partial charge in [0.1, 0.15) is 5.60 Å². The van der Waals surface area contributed by atoms with E-state index in [0.717, 1.165) is 26.1 Å². The molecule has 5 fully saturated rings. The number of fused-ring (bicyclic) bond motifs is 1. The molecular weight excluding hydrogens is 270 g/mol. The zero-order valence-corrected chi connectivity index (χ0v) is 13.0. The number of nitrogens with zero attached hydrogens (tertiary/aromatic N) is 1. The van der Waals surface area contributed by atoms with Gasteiger partial charge < -0.3 is 24.2 Å². The molecule has 5 aliphatic rings. The number of hydrogen-bond acceptors (Lipinski definition) is 5. The molecule has 120 valence electrons. The summed E-state index contributed by atoms with van der Waals surface area (Å²) in [7, 11) is 1.70. The van der Waals surface area contributed by atoms with Crippen LogP contribution in [0.15, 0.2) is 0 Å². The van der Waals surface area contributed by atoms with Gasteiger partial charge in [0, 0.05) is 25.5 Å². The van der Waals surface area contributed by atoms with Crippen LogP contribution in [0.5, 0.6) is 0 Å². The number of aliphatic hydroxyl groups excluding tert-OH is 1. The Morgan fingerprint density at radius 1 is 1.29 bits per heavy atom. The summed E-state index contributed by atoms with van der Waals surface area (Å²) in [4.78, 5) is 2.47. The number of hydrogen-bond donors (Lipinski definition) is 1. The molecule has 0 aromatic heterocycles. The number of rotatable bonds is 3. The second kappa shape index (κ2) is 5.17. The standard InChI is InChI=1S/C16H27NO4/c1-10-11-8-12(18)16(9-17-6-4-3-5-7-17)13(11)15(19-2)20-14(10)21-16/h10-15,18H,3-9H2,1-2H3/t10?,11?,12-,13?,14?,15?,16?/m0/s1. The minimum Gasteiger partial charge on any atom is -0.390 e. The van der Waals surface area contributed by atoms with Crippen LogP contribution < -0.4 is 0 Å². The van der Waals surface area contributed by atoms with Crippen molar-refractivity contribution in [2.45, 2.75) is 56.9 Å². The van der Waals surface area contributed by atoms with Crippen LogP contribution in [0.1, 0.15) is 32.6 Å². The van der Waals surface area contributed by atoms with Crippen molar-refractivity contribution in [3.63, 3.8) is 0 Å². The topological polar surface area (TPSA) is 51.2 Å². The van der Waals surface area contributed by atoms with Crippen LogP contribution >= 0.6 is 0 Å². The van der Waals surface area contributed by atoms with E-state index in [1.807, 2.05) is 0 Å². The molecule has 7 atom stereocenters. The molecule has 1 N–H and O–H groups in total. The molecule has 5 nitrogen and oxygen atoms in total. The molecule has 4 aliphatic heterocycles. The number of aliphatic hydroxyl groups is 1.